The lowest BCUT2D eigenvalue weighted by Gasteiger charge is -2.34. The first kappa shape index (κ1) is 25.6. The summed E-state index contributed by atoms with van der Waals surface area (Å²) < 4.78 is 14.9. The predicted octanol–water partition coefficient (Wildman–Crippen LogP) is 2.98. The number of anilines is 1. The van der Waals surface area contributed by atoms with E-state index in [1.807, 2.05) is 30.6 Å². The molecule has 1 aliphatic rings. The minimum absolute atomic E-state index is 0.437. The molecule has 9 nitrogen and oxygen atoms in total. The minimum atomic E-state index is -0.523. The fourth-order valence-electron chi connectivity index (χ4n) is 4.52. The third-order valence-electron chi connectivity index (χ3n) is 6.50. The number of piperazine rings is 1. The van der Waals surface area contributed by atoms with Crippen LogP contribution in [0, 0.1) is 29.1 Å². The SMILES string of the molecule is CN=CC(=CN)c1cc(-c2ccc(N3CCN(CC#Cc4cccc(F)n4)CC3)nc2)c2c(C#N)cnn2c1. The molecule has 194 valence electrons. The first-order valence-corrected chi connectivity index (χ1v) is 12.4. The average Bonchev–Trinajstić information content (AvgIpc) is 3.39. The number of aliphatic imine (C=N–C) groups is 1. The molecule has 0 atom stereocenters. The molecule has 39 heavy (non-hydrogen) atoms. The van der Waals surface area contributed by atoms with Gasteiger partial charge in [-0.25, -0.2) is 14.5 Å². The van der Waals surface area contributed by atoms with Gasteiger partial charge in [0.1, 0.15) is 17.6 Å². The standard InChI is InChI=1S/C29H26FN9/c1-33-17-23(15-31)22-14-26(29-24(16-32)19-35-39(29)20-22)21-7-8-28(34-18-21)38-12-10-37(11-13-38)9-3-5-25-4-2-6-27(30)36-25/h2,4,6-8,14-15,17-20H,9-13,31H2,1H3. The molecule has 10 heteroatoms. The van der Waals surface area contributed by atoms with E-state index in [9.17, 15) is 9.65 Å². The van der Waals surface area contributed by atoms with Gasteiger partial charge in [0.2, 0.25) is 5.95 Å². The van der Waals surface area contributed by atoms with E-state index in [2.05, 4.69) is 42.8 Å². The average molecular weight is 520 g/mol. The predicted molar refractivity (Wildman–Crippen MR) is 149 cm³/mol. The van der Waals surface area contributed by atoms with Gasteiger partial charge in [-0.05, 0) is 36.3 Å². The summed E-state index contributed by atoms with van der Waals surface area (Å²) in [5.74, 6) is 6.37. The normalized spacial score (nSPS) is 14.4. The lowest BCUT2D eigenvalue weighted by Crippen LogP contribution is -2.46. The molecule has 0 spiro atoms. The van der Waals surface area contributed by atoms with Crippen molar-refractivity contribution in [2.24, 2.45) is 10.7 Å². The smallest absolute Gasteiger partial charge is 0.214 e. The van der Waals surface area contributed by atoms with E-state index in [-0.39, 0.29) is 0 Å². The summed E-state index contributed by atoms with van der Waals surface area (Å²) >= 11 is 0. The monoisotopic (exact) mass is 519 g/mol. The Morgan fingerprint density at radius 2 is 2.03 bits per heavy atom. The van der Waals surface area contributed by atoms with Crippen LogP contribution in [0.3, 0.4) is 0 Å². The molecular formula is C29H26FN9. The fraction of sp³-hybridized carbons (Fsp3) is 0.207. The van der Waals surface area contributed by atoms with E-state index in [4.69, 9.17) is 10.7 Å². The van der Waals surface area contributed by atoms with E-state index in [1.54, 1.807) is 36.1 Å². The molecule has 2 N–H and O–H groups in total. The number of hydrogen-bond acceptors (Lipinski definition) is 8. The van der Waals surface area contributed by atoms with Crippen LogP contribution in [0.5, 0.6) is 0 Å². The summed E-state index contributed by atoms with van der Waals surface area (Å²) in [5.41, 5.74) is 10.8. The Hall–Kier alpha value is -5.06. The summed E-state index contributed by atoms with van der Waals surface area (Å²) in [4.78, 5) is 17.1. The van der Waals surface area contributed by atoms with Crippen molar-refractivity contribution in [2.45, 2.75) is 0 Å². The molecule has 0 bridgehead atoms. The van der Waals surface area contributed by atoms with Crippen molar-refractivity contribution >= 4 is 23.1 Å². The zero-order valence-corrected chi connectivity index (χ0v) is 21.4. The Balaban J connectivity index is 1.32. The first-order chi connectivity index (χ1) is 19.1. The van der Waals surface area contributed by atoms with E-state index in [0.717, 1.165) is 54.3 Å². The number of nitrogens with zero attached hydrogens (tertiary/aromatic N) is 8. The molecule has 0 radical (unpaired) electrons. The van der Waals surface area contributed by atoms with Crippen LogP contribution < -0.4 is 10.6 Å². The van der Waals surface area contributed by atoms with Gasteiger partial charge in [-0.15, -0.1) is 0 Å². The summed E-state index contributed by atoms with van der Waals surface area (Å²) in [6.45, 7) is 3.90. The number of nitriles is 1. The molecule has 0 aromatic carbocycles. The quantitative estimate of drug-likeness (QED) is 0.245. The number of pyridine rings is 3. The number of rotatable bonds is 5. The van der Waals surface area contributed by atoms with Gasteiger partial charge in [0.15, 0.2) is 0 Å². The van der Waals surface area contributed by atoms with Crippen molar-refractivity contribution in [1.29, 1.82) is 5.26 Å². The van der Waals surface area contributed by atoms with E-state index in [1.165, 1.54) is 12.3 Å². The summed E-state index contributed by atoms with van der Waals surface area (Å²) in [6, 6.07) is 12.8. The van der Waals surface area contributed by atoms with Gasteiger partial charge in [-0.2, -0.15) is 14.8 Å². The maximum absolute atomic E-state index is 13.2. The molecule has 1 fully saturated rings. The van der Waals surface area contributed by atoms with E-state index in [0.29, 0.717) is 23.3 Å². The van der Waals surface area contributed by atoms with Crippen molar-refractivity contribution in [3.8, 4) is 29.0 Å². The number of nitrogens with two attached hydrogens (primary N) is 1. The fourth-order valence-corrected chi connectivity index (χ4v) is 4.52. The van der Waals surface area contributed by atoms with Gasteiger partial charge in [0, 0.05) is 80.3 Å². The summed E-state index contributed by atoms with van der Waals surface area (Å²) in [7, 11) is 1.69. The van der Waals surface area contributed by atoms with Gasteiger partial charge in [0.05, 0.1) is 23.8 Å². The second-order valence-corrected chi connectivity index (χ2v) is 8.93. The maximum atomic E-state index is 13.2. The number of fused-ring (bicyclic) bond motifs is 1. The molecule has 0 amide bonds. The second kappa shape index (κ2) is 11.5. The van der Waals surface area contributed by atoms with Crippen LogP contribution in [0.15, 0.2) is 66.2 Å². The van der Waals surface area contributed by atoms with E-state index >= 15 is 0 Å². The minimum Gasteiger partial charge on any atom is -0.404 e. The van der Waals surface area contributed by atoms with Crippen molar-refractivity contribution in [3.05, 3.63) is 84.0 Å². The molecule has 4 aromatic rings. The number of halogens is 1. The molecule has 0 aliphatic carbocycles. The highest BCUT2D eigenvalue weighted by Crippen LogP contribution is 2.30. The lowest BCUT2D eigenvalue weighted by atomic mass is 10.0. The molecule has 1 aliphatic heterocycles. The first-order valence-electron chi connectivity index (χ1n) is 12.4. The van der Waals surface area contributed by atoms with Crippen molar-refractivity contribution in [2.75, 3.05) is 44.7 Å². The van der Waals surface area contributed by atoms with E-state index < -0.39 is 5.95 Å². The Kier molecular flexibility index (Phi) is 7.58. The summed E-state index contributed by atoms with van der Waals surface area (Å²) in [6.07, 6.45) is 8.40. The molecular weight excluding hydrogens is 493 g/mol. The van der Waals surface area contributed by atoms with Crippen LogP contribution >= 0.6 is 0 Å². The highest BCUT2D eigenvalue weighted by atomic mass is 19.1. The molecule has 4 aromatic heterocycles. The third-order valence-corrected chi connectivity index (χ3v) is 6.50. The number of hydrogen-bond donors (Lipinski definition) is 1. The van der Waals surface area contributed by atoms with Crippen LogP contribution in [0.2, 0.25) is 0 Å². The molecule has 5 heterocycles. The largest absolute Gasteiger partial charge is 0.404 e. The van der Waals surface area contributed by atoms with Crippen LogP contribution in [-0.2, 0) is 0 Å². The Bertz CT molecular complexity index is 1640. The van der Waals surface area contributed by atoms with Gasteiger partial charge >= 0.3 is 0 Å². The van der Waals surface area contributed by atoms with Crippen LogP contribution in [0.4, 0.5) is 10.2 Å². The number of aromatic nitrogens is 4. The van der Waals surface area contributed by atoms with Crippen LogP contribution in [-0.4, -0.2) is 70.5 Å². The molecule has 0 unspecified atom stereocenters. The number of allylic oxidation sites excluding steroid dienone is 1. The van der Waals surface area contributed by atoms with Gasteiger partial charge < -0.3 is 10.6 Å². The van der Waals surface area contributed by atoms with Gasteiger partial charge in [0.25, 0.3) is 0 Å². The summed E-state index contributed by atoms with van der Waals surface area (Å²) in [5, 5.41) is 14.0. The maximum Gasteiger partial charge on any atom is 0.214 e. The lowest BCUT2D eigenvalue weighted by molar-refractivity contribution is 0.287. The molecule has 0 saturated carbocycles. The Morgan fingerprint density at radius 1 is 1.18 bits per heavy atom. The zero-order valence-electron chi connectivity index (χ0n) is 21.4. The highest BCUT2D eigenvalue weighted by Gasteiger charge is 2.19. The topological polar surface area (TPSA) is 112 Å². The van der Waals surface area contributed by atoms with Crippen molar-refractivity contribution in [3.63, 3.8) is 0 Å². The zero-order chi connectivity index (χ0) is 27.2. The van der Waals surface area contributed by atoms with Crippen molar-refractivity contribution < 1.29 is 4.39 Å². The van der Waals surface area contributed by atoms with Crippen LogP contribution in [0.25, 0.3) is 22.2 Å². The second-order valence-electron chi connectivity index (χ2n) is 8.93. The Morgan fingerprint density at radius 3 is 2.72 bits per heavy atom. The van der Waals surface area contributed by atoms with Crippen LogP contribution in [0.1, 0.15) is 16.8 Å². The molecule has 1 saturated heterocycles. The highest BCUT2D eigenvalue weighted by molar-refractivity contribution is 6.10. The molecule has 5 rings (SSSR count). The van der Waals surface area contributed by atoms with Gasteiger partial charge in [-0.1, -0.05) is 12.0 Å². The van der Waals surface area contributed by atoms with Crippen molar-refractivity contribution in [1.82, 2.24) is 24.5 Å². The third kappa shape index (κ3) is 5.61. The van der Waals surface area contributed by atoms with Gasteiger partial charge in [-0.3, -0.25) is 9.89 Å². The Labute approximate surface area is 225 Å².